The summed E-state index contributed by atoms with van der Waals surface area (Å²) in [5.74, 6) is 0.987. The average molecular weight is 246 g/mol. The fourth-order valence-electron chi connectivity index (χ4n) is 2.98. The number of carbonyl (C=O) groups is 1. The van der Waals surface area contributed by atoms with Crippen LogP contribution in [-0.2, 0) is 9.53 Å². The van der Waals surface area contributed by atoms with E-state index in [1.165, 1.54) is 12.0 Å². The summed E-state index contributed by atoms with van der Waals surface area (Å²) >= 11 is 0. The van der Waals surface area contributed by atoms with Crippen LogP contribution in [0.4, 0.5) is 0 Å². The maximum atomic E-state index is 12.1. The van der Waals surface area contributed by atoms with Crippen LogP contribution in [0.1, 0.15) is 43.6 Å². The Labute approximate surface area is 109 Å². The number of ketones is 1. The van der Waals surface area contributed by atoms with Gasteiger partial charge in [-0.1, -0.05) is 36.8 Å². The van der Waals surface area contributed by atoms with Gasteiger partial charge >= 0.3 is 0 Å². The lowest BCUT2D eigenvalue weighted by atomic mass is 9.74. The molecule has 98 valence electrons. The lowest BCUT2D eigenvalue weighted by Crippen LogP contribution is -2.26. The molecule has 1 saturated carbocycles. The number of benzene rings is 1. The van der Waals surface area contributed by atoms with Crippen LogP contribution < -0.4 is 0 Å². The molecule has 0 aromatic heterocycles. The highest BCUT2D eigenvalue weighted by Gasteiger charge is 2.30. The minimum absolute atomic E-state index is 0.205. The monoisotopic (exact) mass is 246 g/mol. The zero-order valence-electron chi connectivity index (χ0n) is 11.1. The summed E-state index contributed by atoms with van der Waals surface area (Å²) < 4.78 is 5.21. The molecule has 0 saturated heterocycles. The predicted molar refractivity (Wildman–Crippen MR) is 72.6 cm³/mol. The highest BCUT2D eigenvalue weighted by molar-refractivity contribution is 5.82. The van der Waals surface area contributed by atoms with Crippen molar-refractivity contribution >= 4 is 5.78 Å². The second-order valence-electron chi connectivity index (χ2n) is 5.12. The van der Waals surface area contributed by atoms with Gasteiger partial charge in [-0.05, 0) is 30.7 Å². The number of ether oxygens (including phenoxy) is 1. The van der Waals surface area contributed by atoms with Crippen molar-refractivity contribution in [1.29, 1.82) is 0 Å². The van der Waals surface area contributed by atoms with E-state index in [0.29, 0.717) is 11.7 Å². The van der Waals surface area contributed by atoms with Crippen molar-refractivity contribution in [3.8, 4) is 0 Å². The number of carbonyl (C=O) groups excluding carboxylic acids is 1. The Bertz CT molecular complexity index is 372. The minimum atomic E-state index is 0.205. The Balaban J connectivity index is 2.16. The van der Waals surface area contributed by atoms with Gasteiger partial charge in [0.25, 0.3) is 0 Å². The molecule has 0 spiro atoms. The molecular formula is C16H22O2. The zero-order valence-corrected chi connectivity index (χ0v) is 11.1. The molecule has 0 heterocycles. The van der Waals surface area contributed by atoms with E-state index in [2.05, 4.69) is 24.3 Å². The van der Waals surface area contributed by atoms with Crippen LogP contribution in [0.25, 0.3) is 0 Å². The molecule has 0 aliphatic heterocycles. The molecule has 0 radical (unpaired) electrons. The molecule has 2 atom stereocenters. The zero-order chi connectivity index (χ0) is 12.8. The minimum Gasteiger partial charge on any atom is -0.385 e. The molecule has 0 bridgehead atoms. The van der Waals surface area contributed by atoms with Crippen molar-refractivity contribution in [2.75, 3.05) is 13.7 Å². The van der Waals surface area contributed by atoms with E-state index in [1.807, 2.05) is 6.07 Å². The van der Waals surface area contributed by atoms with Crippen molar-refractivity contribution in [3.05, 3.63) is 35.9 Å². The Morgan fingerprint density at radius 1 is 1.28 bits per heavy atom. The summed E-state index contributed by atoms with van der Waals surface area (Å²) in [6.45, 7) is 0.726. The van der Waals surface area contributed by atoms with E-state index in [-0.39, 0.29) is 5.92 Å². The highest BCUT2D eigenvalue weighted by atomic mass is 16.5. The maximum absolute atomic E-state index is 12.1. The van der Waals surface area contributed by atoms with Gasteiger partial charge in [0.05, 0.1) is 0 Å². The van der Waals surface area contributed by atoms with E-state index in [4.69, 9.17) is 4.74 Å². The maximum Gasteiger partial charge on any atom is 0.136 e. The van der Waals surface area contributed by atoms with Gasteiger partial charge in [0.15, 0.2) is 0 Å². The third-order valence-electron chi connectivity index (χ3n) is 3.95. The van der Waals surface area contributed by atoms with E-state index < -0.39 is 0 Å². The topological polar surface area (TPSA) is 26.3 Å². The van der Waals surface area contributed by atoms with E-state index >= 15 is 0 Å². The molecule has 18 heavy (non-hydrogen) atoms. The summed E-state index contributed by atoms with van der Waals surface area (Å²) in [6.07, 6.45) is 5.01. The molecule has 1 aromatic rings. The standard InChI is InChI=1S/C16H22O2/c1-18-12-11-14(13-7-3-2-4-8-13)15-9-5-6-10-16(15)17/h2-4,7-8,14-15H,5-6,9-12H2,1H3/t14-,15-/m0/s1. The molecule has 2 nitrogen and oxygen atoms in total. The van der Waals surface area contributed by atoms with E-state index in [1.54, 1.807) is 7.11 Å². The van der Waals surface area contributed by atoms with Crippen LogP contribution in [0, 0.1) is 5.92 Å². The van der Waals surface area contributed by atoms with Crippen LogP contribution in [0.15, 0.2) is 30.3 Å². The summed E-state index contributed by atoms with van der Waals surface area (Å²) in [7, 11) is 1.73. The van der Waals surface area contributed by atoms with Crippen LogP contribution in [0.3, 0.4) is 0 Å². The normalized spacial score (nSPS) is 21.8. The van der Waals surface area contributed by atoms with E-state index in [0.717, 1.165) is 32.3 Å². The van der Waals surface area contributed by atoms with Gasteiger partial charge in [-0.15, -0.1) is 0 Å². The summed E-state index contributed by atoms with van der Waals surface area (Å²) in [6, 6.07) is 10.4. The Hall–Kier alpha value is -1.15. The summed E-state index contributed by atoms with van der Waals surface area (Å²) in [5, 5.41) is 0. The van der Waals surface area contributed by atoms with Crippen LogP contribution >= 0.6 is 0 Å². The number of Topliss-reactive ketones (excluding diaryl/α,β-unsaturated/α-hetero) is 1. The fraction of sp³-hybridized carbons (Fsp3) is 0.562. The molecule has 1 aliphatic rings. The second-order valence-corrected chi connectivity index (χ2v) is 5.12. The lowest BCUT2D eigenvalue weighted by Gasteiger charge is -2.29. The first-order valence-corrected chi connectivity index (χ1v) is 6.89. The first-order chi connectivity index (χ1) is 8.83. The Kier molecular flexibility index (Phi) is 4.94. The summed E-state index contributed by atoms with van der Waals surface area (Å²) in [4.78, 5) is 12.1. The molecule has 1 aliphatic carbocycles. The van der Waals surface area contributed by atoms with Crippen molar-refractivity contribution in [2.45, 2.75) is 38.0 Å². The van der Waals surface area contributed by atoms with Gasteiger partial charge in [-0.25, -0.2) is 0 Å². The fourth-order valence-corrected chi connectivity index (χ4v) is 2.98. The smallest absolute Gasteiger partial charge is 0.136 e. The SMILES string of the molecule is COCC[C@@H](c1ccccc1)[C@@H]1CCCCC1=O. The van der Waals surface area contributed by atoms with Crippen molar-refractivity contribution in [3.63, 3.8) is 0 Å². The van der Waals surface area contributed by atoms with Crippen LogP contribution in [-0.4, -0.2) is 19.5 Å². The average Bonchev–Trinajstić information content (AvgIpc) is 2.42. The molecule has 0 amide bonds. The van der Waals surface area contributed by atoms with Crippen molar-refractivity contribution in [1.82, 2.24) is 0 Å². The number of hydrogen-bond donors (Lipinski definition) is 0. The molecule has 2 heteroatoms. The number of hydrogen-bond acceptors (Lipinski definition) is 2. The number of methoxy groups -OCH3 is 1. The van der Waals surface area contributed by atoms with Gasteiger partial charge in [-0.3, -0.25) is 4.79 Å². The van der Waals surface area contributed by atoms with Gasteiger partial charge in [-0.2, -0.15) is 0 Å². The summed E-state index contributed by atoms with van der Waals surface area (Å²) in [5.41, 5.74) is 1.29. The molecule has 1 aromatic carbocycles. The van der Waals surface area contributed by atoms with Crippen LogP contribution in [0.5, 0.6) is 0 Å². The number of rotatable bonds is 5. The van der Waals surface area contributed by atoms with Crippen LogP contribution in [0.2, 0.25) is 0 Å². The predicted octanol–water partition coefficient (Wildman–Crippen LogP) is 3.57. The molecule has 0 unspecified atom stereocenters. The second kappa shape index (κ2) is 6.69. The Morgan fingerprint density at radius 3 is 2.72 bits per heavy atom. The Morgan fingerprint density at radius 2 is 2.06 bits per heavy atom. The molecule has 2 rings (SSSR count). The third kappa shape index (κ3) is 3.20. The molecule has 1 fully saturated rings. The third-order valence-corrected chi connectivity index (χ3v) is 3.95. The van der Waals surface area contributed by atoms with Gasteiger partial charge in [0, 0.05) is 26.1 Å². The van der Waals surface area contributed by atoms with Crippen molar-refractivity contribution in [2.24, 2.45) is 5.92 Å². The largest absolute Gasteiger partial charge is 0.385 e. The van der Waals surface area contributed by atoms with E-state index in [9.17, 15) is 4.79 Å². The van der Waals surface area contributed by atoms with Crippen molar-refractivity contribution < 1.29 is 9.53 Å². The first-order valence-electron chi connectivity index (χ1n) is 6.89. The lowest BCUT2D eigenvalue weighted by molar-refractivity contribution is -0.125. The quantitative estimate of drug-likeness (QED) is 0.794. The van der Waals surface area contributed by atoms with Gasteiger partial charge < -0.3 is 4.74 Å². The molecular weight excluding hydrogens is 224 g/mol. The van der Waals surface area contributed by atoms with Gasteiger partial charge in [0.1, 0.15) is 5.78 Å². The molecule has 0 N–H and O–H groups in total. The first kappa shape index (κ1) is 13.3. The highest BCUT2D eigenvalue weighted by Crippen LogP contribution is 2.36. The van der Waals surface area contributed by atoms with Gasteiger partial charge in [0.2, 0.25) is 0 Å².